The molecule has 0 saturated carbocycles. The molecule has 5 nitrogen and oxygen atoms in total. The number of ether oxygens (including phenoxy) is 4. The largest absolute Gasteiger partial charge is 0.497 e. The van der Waals surface area contributed by atoms with Gasteiger partial charge in [-0.05, 0) is 54.7 Å². The van der Waals surface area contributed by atoms with Gasteiger partial charge >= 0.3 is 5.97 Å². The van der Waals surface area contributed by atoms with Crippen LogP contribution in [0.25, 0.3) is 0 Å². The van der Waals surface area contributed by atoms with Crippen molar-refractivity contribution >= 4 is 5.97 Å². The molecule has 1 heterocycles. The molecule has 0 bridgehead atoms. The lowest BCUT2D eigenvalue weighted by atomic mass is 10.1. The van der Waals surface area contributed by atoms with E-state index in [-0.39, 0.29) is 12.8 Å². The van der Waals surface area contributed by atoms with Crippen LogP contribution in [0.2, 0.25) is 0 Å². The zero-order chi connectivity index (χ0) is 17.5. The summed E-state index contributed by atoms with van der Waals surface area (Å²) in [5, 5.41) is 0. The van der Waals surface area contributed by atoms with Gasteiger partial charge < -0.3 is 18.9 Å². The molecule has 0 unspecified atom stereocenters. The lowest BCUT2D eigenvalue weighted by molar-refractivity contribution is -0.143. The molecule has 25 heavy (non-hydrogen) atoms. The first kappa shape index (κ1) is 17.1. The number of esters is 1. The number of aryl methyl sites for hydroxylation is 2. The van der Waals surface area contributed by atoms with Crippen molar-refractivity contribution < 1.29 is 23.7 Å². The van der Waals surface area contributed by atoms with Gasteiger partial charge in [-0.2, -0.15) is 0 Å². The fourth-order valence-electron chi connectivity index (χ4n) is 2.71. The topological polar surface area (TPSA) is 54.0 Å². The maximum absolute atomic E-state index is 11.8. The molecular weight excluding hydrogens is 320 g/mol. The SMILES string of the molecule is COc1cccc(CCC(=O)OCCCc2ccc3c(c2)OCO3)c1. The quantitative estimate of drug-likeness (QED) is 0.543. The Balaban J connectivity index is 1.35. The summed E-state index contributed by atoms with van der Waals surface area (Å²) in [6.07, 6.45) is 2.64. The molecule has 1 aliphatic heterocycles. The van der Waals surface area contributed by atoms with Crippen molar-refractivity contribution in [1.29, 1.82) is 0 Å². The number of carbonyl (C=O) groups excluding carboxylic acids is 1. The summed E-state index contributed by atoms with van der Waals surface area (Å²) in [5.41, 5.74) is 2.22. The second-order valence-electron chi connectivity index (χ2n) is 5.86. The van der Waals surface area contributed by atoms with Crippen LogP contribution in [-0.4, -0.2) is 26.5 Å². The van der Waals surface area contributed by atoms with E-state index in [1.807, 2.05) is 42.5 Å². The minimum absolute atomic E-state index is 0.173. The number of fused-ring (bicyclic) bond motifs is 1. The zero-order valence-corrected chi connectivity index (χ0v) is 14.3. The normalized spacial score (nSPS) is 12.0. The van der Waals surface area contributed by atoms with Gasteiger partial charge in [0.1, 0.15) is 5.75 Å². The monoisotopic (exact) mass is 342 g/mol. The summed E-state index contributed by atoms with van der Waals surface area (Å²) >= 11 is 0. The molecule has 0 aromatic heterocycles. The summed E-state index contributed by atoms with van der Waals surface area (Å²) in [7, 11) is 1.63. The molecule has 0 fully saturated rings. The Kier molecular flexibility index (Phi) is 5.77. The van der Waals surface area contributed by atoms with E-state index in [4.69, 9.17) is 18.9 Å². The number of hydrogen-bond acceptors (Lipinski definition) is 5. The van der Waals surface area contributed by atoms with Crippen molar-refractivity contribution in [3.8, 4) is 17.2 Å². The molecule has 0 spiro atoms. The Morgan fingerprint density at radius 1 is 1.04 bits per heavy atom. The maximum Gasteiger partial charge on any atom is 0.306 e. The van der Waals surface area contributed by atoms with Crippen molar-refractivity contribution in [2.75, 3.05) is 20.5 Å². The number of hydrogen-bond donors (Lipinski definition) is 0. The van der Waals surface area contributed by atoms with E-state index in [0.29, 0.717) is 19.4 Å². The van der Waals surface area contributed by atoms with Gasteiger partial charge in [-0.1, -0.05) is 18.2 Å². The molecule has 1 aliphatic rings. The van der Waals surface area contributed by atoms with Gasteiger partial charge in [-0.3, -0.25) is 4.79 Å². The third kappa shape index (κ3) is 4.89. The van der Waals surface area contributed by atoms with E-state index < -0.39 is 0 Å². The maximum atomic E-state index is 11.8. The number of rotatable bonds is 8. The Bertz CT molecular complexity index is 726. The Morgan fingerprint density at radius 2 is 1.88 bits per heavy atom. The average molecular weight is 342 g/mol. The van der Waals surface area contributed by atoms with Crippen molar-refractivity contribution in [3.05, 3.63) is 53.6 Å². The van der Waals surface area contributed by atoms with Crippen LogP contribution < -0.4 is 14.2 Å². The van der Waals surface area contributed by atoms with Crippen LogP contribution in [0, 0.1) is 0 Å². The minimum atomic E-state index is -0.173. The molecule has 2 aromatic carbocycles. The van der Waals surface area contributed by atoms with Crippen LogP contribution in [0.4, 0.5) is 0 Å². The van der Waals surface area contributed by atoms with Gasteiger partial charge in [-0.25, -0.2) is 0 Å². The second-order valence-corrected chi connectivity index (χ2v) is 5.86. The molecule has 132 valence electrons. The van der Waals surface area contributed by atoms with Gasteiger partial charge in [0.2, 0.25) is 6.79 Å². The highest BCUT2D eigenvalue weighted by molar-refractivity contribution is 5.69. The minimum Gasteiger partial charge on any atom is -0.497 e. The zero-order valence-electron chi connectivity index (χ0n) is 14.3. The summed E-state index contributed by atoms with van der Waals surface area (Å²) in [6.45, 7) is 0.703. The molecule has 0 N–H and O–H groups in total. The smallest absolute Gasteiger partial charge is 0.306 e. The number of benzene rings is 2. The van der Waals surface area contributed by atoms with Crippen molar-refractivity contribution in [1.82, 2.24) is 0 Å². The van der Waals surface area contributed by atoms with E-state index in [1.165, 1.54) is 0 Å². The highest BCUT2D eigenvalue weighted by Crippen LogP contribution is 2.32. The summed E-state index contributed by atoms with van der Waals surface area (Å²) in [4.78, 5) is 11.8. The molecule has 0 amide bonds. The molecule has 0 aliphatic carbocycles. The van der Waals surface area contributed by atoms with Crippen molar-refractivity contribution in [3.63, 3.8) is 0 Å². The molecule has 0 radical (unpaired) electrons. The number of carbonyl (C=O) groups is 1. The van der Waals surface area contributed by atoms with E-state index in [0.717, 1.165) is 41.2 Å². The molecule has 3 rings (SSSR count). The van der Waals surface area contributed by atoms with Crippen LogP contribution in [0.1, 0.15) is 24.0 Å². The first-order valence-corrected chi connectivity index (χ1v) is 8.41. The van der Waals surface area contributed by atoms with E-state index in [2.05, 4.69) is 0 Å². The summed E-state index contributed by atoms with van der Waals surface area (Å²) in [5.74, 6) is 2.20. The lowest BCUT2D eigenvalue weighted by Gasteiger charge is -2.07. The van der Waals surface area contributed by atoms with Gasteiger partial charge in [0.05, 0.1) is 13.7 Å². The van der Waals surface area contributed by atoms with Crippen LogP contribution >= 0.6 is 0 Å². The Hall–Kier alpha value is -2.69. The Morgan fingerprint density at radius 3 is 2.76 bits per heavy atom. The van der Waals surface area contributed by atoms with Gasteiger partial charge in [-0.15, -0.1) is 0 Å². The predicted octanol–water partition coefficient (Wildman–Crippen LogP) is 3.53. The van der Waals surface area contributed by atoms with Gasteiger partial charge in [0, 0.05) is 6.42 Å². The molecule has 0 atom stereocenters. The second kappa shape index (κ2) is 8.42. The fourth-order valence-corrected chi connectivity index (χ4v) is 2.71. The third-order valence-electron chi connectivity index (χ3n) is 4.06. The van der Waals surface area contributed by atoms with E-state index >= 15 is 0 Å². The third-order valence-corrected chi connectivity index (χ3v) is 4.06. The summed E-state index contributed by atoms with van der Waals surface area (Å²) < 4.78 is 21.1. The molecule has 0 saturated heterocycles. The van der Waals surface area contributed by atoms with Gasteiger partial charge in [0.25, 0.3) is 0 Å². The van der Waals surface area contributed by atoms with E-state index in [1.54, 1.807) is 7.11 Å². The van der Waals surface area contributed by atoms with Crippen molar-refractivity contribution in [2.45, 2.75) is 25.7 Å². The predicted molar refractivity (Wildman–Crippen MR) is 93.2 cm³/mol. The molecule has 5 heteroatoms. The first-order valence-electron chi connectivity index (χ1n) is 8.41. The highest BCUT2D eigenvalue weighted by Gasteiger charge is 2.13. The average Bonchev–Trinajstić information content (AvgIpc) is 3.11. The molecule has 2 aromatic rings. The van der Waals surface area contributed by atoms with Crippen LogP contribution in [0.15, 0.2) is 42.5 Å². The van der Waals surface area contributed by atoms with Crippen LogP contribution in [-0.2, 0) is 22.4 Å². The fraction of sp³-hybridized carbons (Fsp3) is 0.350. The summed E-state index contributed by atoms with van der Waals surface area (Å²) in [6, 6.07) is 13.6. The highest BCUT2D eigenvalue weighted by atomic mass is 16.7. The van der Waals surface area contributed by atoms with Crippen LogP contribution in [0.5, 0.6) is 17.2 Å². The first-order chi connectivity index (χ1) is 12.2. The molecular formula is C20H22O5. The number of methoxy groups -OCH3 is 1. The van der Waals surface area contributed by atoms with Crippen molar-refractivity contribution in [2.24, 2.45) is 0 Å². The standard InChI is InChI=1S/C20H22O5/c1-22-17-6-2-4-15(12-17)8-10-20(21)23-11-3-5-16-7-9-18-19(13-16)25-14-24-18/h2,4,6-7,9,12-13H,3,5,8,10-11,14H2,1H3. The lowest BCUT2D eigenvalue weighted by Crippen LogP contribution is -2.07. The Labute approximate surface area is 147 Å². The van der Waals surface area contributed by atoms with Gasteiger partial charge in [0.15, 0.2) is 11.5 Å². The van der Waals surface area contributed by atoms with Crippen LogP contribution in [0.3, 0.4) is 0 Å². The van der Waals surface area contributed by atoms with E-state index in [9.17, 15) is 4.79 Å².